The Kier molecular flexibility index (Phi) is 20.7. The Morgan fingerprint density at radius 2 is 1.07 bits per heavy atom. The van der Waals surface area contributed by atoms with Crippen molar-refractivity contribution in [3.63, 3.8) is 0 Å². The average Bonchev–Trinajstić information content (AvgIpc) is 3.18. The van der Waals surface area contributed by atoms with Crippen molar-refractivity contribution in [2.45, 2.75) is 157 Å². The Morgan fingerprint density at radius 1 is 0.618 bits per heavy atom. The number of allylic oxidation sites excluding steroid dienone is 5. The van der Waals surface area contributed by atoms with Gasteiger partial charge in [-0.3, -0.25) is 4.79 Å². The molecule has 3 rings (SSSR count). The van der Waals surface area contributed by atoms with Gasteiger partial charge in [-0.05, 0) is 32.1 Å². The molecule has 0 radical (unpaired) electrons. The molecule has 0 aromatic heterocycles. The van der Waals surface area contributed by atoms with Gasteiger partial charge in [-0.25, -0.2) is 0 Å². The topological polar surface area (TPSA) is 307 Å². The summed E-state index contributed by atoms with van der Waals surface area (Å²) in [5.41, 5.74) is 0. The third kappa shape index (κ3) is 13.3. The van der Waals surface area contributed by atoms with Crippen molar-refractivity contribution in [3.8, 4) is 0 Å². The summed E-state index contributed by atoms with van der Waals surface area (Å²) >= 11 is 0. The molecule has 0 aromatic rings. The lowest BCUT2D eigenvalue weighted by Gasteiger charge is -2.48. The Morgan fingerprint density at radius 3 is 1.58 bits per heavy atom. The Balaban J connectivity index is 1.60. The van der Waals surface area contributed by atoms with Crippen LogP contribution >= 0.6 is 0 Å². The van der Waals surface area contributed by atoms with Gasteiger partial charge in [0.05, 0.1) is 38.6 Å². The molecule has 12 N–H and O–H groups in total. The second-order valence-corrected chi connectivity index (χ2v) is 13.6. The molecule has 0 aliphatic carbocycles. The smallest absolute Gasteiger partial charge is 0.220 e. The first-order valence-electron chi connectivity index (χ1n) is 18.7. The van der Waals surface area contributed by atoms with Gasteiger partial charge in [0.25, 0.3) is 0 Å². The number of carbonyl (C=O) groups excluding carboxylic acids is 1. The molecule has 55 heavy (non-hydrogen) atoms. The number of aliphatic hydroxyl groups excluding tert-OH is 11. The van der Waals surface area contributed by atoms with E-state index >= 15 is 0 Å². The highest BCUT2D eigenvalue weighted by Crippen LogP contribution is 2.32. The van der Waals surface area contributed by atoms with Crippen LogP contribution in [0.25, 0.3) is 0 Å². The standard InChI is InChI=1S/C36H61NO18/c1-3-5-6-7-8-9-10-11-12-13-14-20(41)19(37-24(42)4-2)18-50-34-30(48)27(45)32(22(16-39)52-34)55-36-31(49)28(46)33(23(17-40)53-36)54-35-29(47)26(44)25(43)21(15-38)51-35/h5-6,9-10,13-14,19-23,25-36,38-41,43-49H,3-4,7-8,11-12,15-18H2,1-2H3,(H,37,42)/b6-5+,10-9+,14-13+. The number of unbranched alkanes of at least 4 members (excludes halogenated alkanes) is 2. The first kappa shape index (κ1) is 47.4. The minimum atomic E-state index is -1.98. The zero-order chi connectivity index (χ0) is 40.7. The van der Waals surface area contributed by atoms with E-state index in [1.54, 1.807) is 13.0 Å². The largest absolute Gasteiger partial charge is 0.394 e. The molecule has 0 saturated carbocycles. The normalized spacial score (nSPS) is 38.5. The van der Waals surface area contributed by atoms with Crippen LogP contribution in [0.15, 0.2) is 36.5 Å². The van der Waals surface area contributed by atoms with Crippen LogP contribution in [0.4, 0.5) is 0 Å². The first-order chi connectivity index (χ1) is 26.3. The molecule has 0 aromatic carbocycles. The van der Waals surface area contributed by atoms with Crippen LogP contribution in [0.2, 0.25) is 0 Å². The van der Waals surface area contributed by atoms with Gasteiger partial charge in [0.15, 0.2) is 18.9 Å². The van der Waals surface area contributed by atoms with Gasteiger partial charge >= 0.3 is 0 Å². The van der Waals surface area contributed by atoms with Crippen LogP contribution in [0, 0.1) is 0 Å². The number of rotatable bonds is 21. The van der Waals surface area contributed by atoms with E-state index in [-0.39, 0.29) is 18.9 Å². The number of ether oxygens (including phenoxy) is 6. The third-order valence-electron chi connectivity index (χ3n) is 9.49. The predicted molar refractivity (Wildman–Crippen MR) is 189 cm³/mol. The molecule has 3 aliphatic heterocycles. The molecule has 17 atom stereocenters. The van der Waals surface area contributed by atoms with Gasteiger partial charge in [0, 0.05) is 6.42 Å². The van der Waals surface area contributed by atoms with E-state index in [4.69, 9.17) is 28.4 Å². The van der Waals surface area contributed by atoms with Crippen molar-refractivity contribution in [3.05, 3.63) is 36.5 Å². The van der Waals surface area contributed by atoms with Crippen molar-refractivity contribution in [1.82, 2.24) is 5.32 Å². The van der Waals surface area contributed by atoms with Gasteiger partial charge in [0.1, 0.15) is 73.2 Å². The van der Waals surface area contributed by atoms with Crippen molar-refractivity contribution >= 4 is 5.91 Å². The number of hydrogen-bond acceptors (Lipinski definition) is 18. The molecule has 17 unspecified atom stereocenters. The van der Waals surface area contributed by atoms with Crippen LogP contribution in [-0.4, -0.2) is 193 Å². The number of nitrogens with one attached hydrogen (secondary N) is 1. The molecule has 3 aliphatic rings. The summed E-state index contributed by atoms with van der Waals surface area (Å²) in [5, 5.41) is 117. The highest BCUT2D eigenvalue weighted by molar-refractivity contribution is 5.75. The van der Waals surface area contributed by atoms with Crippen molar-refractivity contribution in [2.75, 3.05) is 26.4 Å². The molecule has 3 fully saturated rings. The highest BCUT2D eigenvalue weighted by Gasteiger charge is 2.53. The zero-order valence-electron chi connectivity index (χ0n) is 31.1. The van der Waals surface area contributed by atoms with Gasteiger partial charge in [-0.1, -0.05) is 50.3 Å². The van der Waals surface area contributed by atoms with E-state index in [0.29, 0.717) is 6.42 Å². The fourth-order valence-electron chi connectivity index (χ4n) is 6.19. The fourth-order valence-corrected chi connectivity index (χ4v) is 6.19. The number of hydrogen-bond donors (Lipinski definition) is 12. The summed E-state index contributed by atoms with van der Waals surface area (Å²) in [7, 11) is 0. The lowest BCUT2D eigenvalue weighted by Crippen LogP contribution is -2.66. The van der Waals surface area contributed by atoms with Gasteiger partial charge in [0.2, 0.25) is 5.91 Å². The van der Waals surface area contributed by atoms with E-state index in [1.807, 2.05) is 6.08 Å². The summed E-state index contributed by atoms with van der Waals surface area (Å²) in [6.07, 6.45) is -10.8. The molecule has 0 spiro atoms. The summed E-state index contributed by atoms with van der Waals surface area (Å²) in [4.78, 5) is 12.2. The predicted octanol–water partition coefficient (Wildman–Crippen LogP) is -3.65. The lowest BCUT2D eigenvalue weighted by atomic mass is 9.96. The summed E-state index contributed by atoms with van der Waals surface area (Å²) in [6, 6.07) is -0.986. The molecule has 1 amide bonds. The second kappa shape index (κ2) is 24.1. The summed E-state index contributed by atoms with van der Waals surface area (Å²) in [6.45, 7) is 0.884. The van der Waals surface area contributed by atoms with E-state index in [9.17, 15) is 61.0 Å². The van der Waals surface area contributed by atoms with Crippen molar-refractivity contribution < 1.29 is 89.4 Å². The zero-order valence-corrected chi connectivity index (χ0v) is 31.1. The van der Waals surface area contributed by atoms with E-state index in [0.717, 1.165) is 25.7 Å². The number of carbonyl (C=O) groups is 1. The Hall–Kier alpha value is -1.99. The number of amides is 1. The van der Waals surface area contributed by atoms with Crippen LogP contribution in [0.1, 0.15) is 52.4 Å². The minimum Gasteiger partial charge on any atom is -0.394 e. The molecule has 19 nitrogen and oxygen atoms in total. The van der Waals surface area contributed by atoms with Crippen LogP contribution in [0.5, 0.6) is 0 Å². The minimum absolute atomic E-state index is 0.111. The highest BCUT2D eigenvalue weighted by atomic mass is 16.8. The SMILES string of the molecule is CC/C=C/CC/C=C/CC/C=C/C(O)C(COC1OC(CO)C(OC2OC(CO)C(OC3OC(CO)C(O)C(O)C3O)C(O)C2O)C(O)C1O)NC(=O)CC. The maximum absolute atomic E-state index is 12.2. The molecule has 318 valence electrons. The van der Waals surface area contributed by atoms with Crippen LogP contribution in [0.3, 0.4) is 0 Å². The van der Waals surface area contributed by atoms with Crippen LogP contribution < -0.4 is 5.32 Å². The molecular formula is C36H61NO18. The average molecular weight is 796 g/mol. The molecular weight excluding hydrogens is 734 g/mol. The molecule has 0 bridgehead atoms. The lowest BCUT2D eigenvalue weighted by molar-refractivity contribution is -0.379. The monoisotopic (exact) mass is 795 g/mol. The van der Waals surface area contributed by atoms with E-state index in [1.165, 1.54) is 6.08 Å². The Labute approximate surface area is 320 Å². The maximum Gasteiger partial charge on any atom is 0.220 e. The summed E-state index contributed by atoms with van der Waals surface area (Å²) in [5.74, 6) is -0.386. The third-order valence-corrected chi connectivity index (χ3v) is 9.49. The van der Waals surface area contributed by atoms with Crippen molar-refractivity contribution in [2.24, 2.45) is 0 Å². The maximum atomic E-state index is 12.2. The molecule has 19 heteroatoms. The number of aliphatic hydroxyl groups is 11. The fraction of sp³-hybridized carbons (Fsp3) is 0.806. The summed E-state index contributed by atoms with van der Waals surface area (Å²) < 4.78 is 33.5. The van der Waals surface area contributed by atoms with Crippen LogP contribution in [-0.2, 0) is 33.2 Å². The van der Waals surface area contributed by atoms with E-state index < -0.39 is 124 Å². The van der Waals surface area contributed by atoms with E-state index in [2.05, 4.69) is 30.5 Å². The second-order valence-electron chi connectivity index (χ2n) is 13.6. The molecule has 3 saturated heterocycles. The Bertz CT molecular complexity index is 1190. The van der Waals surface area contributed by atoms with Gasteiger partial charge in [-0.2, -0.15) is 0 Å². The van der Waals surface area contributed by atoms with Gasteiger partial charge < -0.3 is 89.9 Å². The quantitative estimate of drug-likeness (QED) is 0.0394. The van der Waals surface area contributed by atoms with Gasteiger partial charge in [-0.15, -0.1) is 0 Å². The molecule has 3 heterocycles. The van der Waals surface area contributed by atoms with Crippen molar-refractivity contribution in [1.29, 1.82) is 0 Å². The first-order valence-corrected chi connectivity index (χ1v) is 18.7.